The number of hydrogen-bond acceptors (Lipinski definition) is 2. The largest absolute Gasteiger partial charge is 0.481 e. The number of rotatable bonds is 5. The van der Waals surface area contributed by atoms with E-state index in [4.69, 9.17) is 0 Å². The Morgan fingerprint density at radius 1 is 1.21 bits per heavy atom. The Balaban J connectivity index is 2.58. The molecular formula is C15H27NO3. The van der Waals surface area contributed by atoms with Gasteiger partial charge in [0.15, 0.2) is 0 Å². The zero-order valence-corrected chi connectivity index (χ0v) is 12.2. The van der Waals surface area contributed by atoms with Gasteiger partial charge in [-0.25, -0.2) is 0 Å². The van der Waals surface area contributed by atoms with Crippen molar-refractivity contribution in [2.24, 2.45) is 11.8 Å². The molecule has 0 aromatic carbocycles. The van der Waals surface area contributed by atoms with Gasteiger partial charge in [0.2, 0.25) is 5.91 Å². The lowest BCUT2D eigenvalue weighted by Gasteiger charge is -2.27. The first-order valence-electron chi connectivity index (χ1n) is 7.56. The number of hydrogen-bond donors (Lipinski definition) is 2. The topological polar surface area (TPSA) is 66.4 Å². The molecule has 3 atom stereocenters. The van der Waals surface area contributed by atoms with Gasteiger partial charge >= 0.3 is 5.97 Å². The molecule has 19 heavy (non-hydrogen) atoms. The zero-order chi connectivity index (χ0) is 14.3. The predicted octanol–water partition coefficient (Wildman–Crippen LogP) is 2.96. The summed E-state index contributed by atoms with van der Waals surface area (Å²) >= 11 is 0. The SMILES string of the molecule is CCC(C)CC(=O)NC1CCCCCCC1C(=O)O. The summed E-state index contributed by atoms with van der Waals surface area (Å²) in [5, 5.41) is 12.3. The molecule has 2 N–H and O–H groups in total. The van der Waals surface area contributed by atoms with E-state index in [0.29, 0.717) is 18.8 Å². The quantitative estimate of drug-likeness (QED) is 0.806. The van der Waals surface area contributed by atoms with Crippen LogP contribution in [0.15, 0.2) is 0 Å². The fourth-order valence-corrected chi connectivity index (χ4v) is 2.68. The first kappa shape index (κ1) is 16.0. The molecule has 1 aliphatic rings. The van der Waals surface area contributed by atoms with Gasteiger partial charge in [0.25, 0.3) is 0 Å². The predicted molar refractivity (Wildman–Crippen MR) is 74.8 cm³/mol. The molecule has 0 aliphatic heterocycles. The van der Waals surface area contributed by atoms with Crippen LogP contribution in [0.5, 0.6) is 0 Å². The van der Waals surface area contributed by atoms with E-state index in [0.717, 1.165) is 38.5 Å². The van der Waals surface area contributed by atoms with E-state index in [1.165, 1.54) is 0 Å². The molecule has 4 nitrogen and oxygen atoms in total. The summed E-state index contributed by atoms with van der Waals surface area (Å²) in [6, 6.07) is -0.186. The van der Waals surface area contributed by atoms with Gasteiger partial charge in [0.05, 0.1) is 5.92 Å². The molecular weight excluding hydrogens is 242 g/mol. The average molecular weight is 269 g/mol. The Bertz CT molecular complexity index is 304. The van der Waals surface area contributed by atoms with E-state index in [1.807, 2.05) is 6.92 Å². The molecule has 0 spiro atoms. The van der Waals surface area contributed by atoms with Gasteiger partial charge in [-0.15, -0.1) is 0 Å². The Hall–Kier alpha value is -1.06. The van der Waals surface area contributed by atoms with Crippen molar-refractivity contribution in [1.82, 2.24) is 5.32 Å². The zero-order valence-electron chi connectivity index (χ0n) is 12.2. The van der Waals surface area contributed by atoms with E-state index < -0.39 is 11.9 Å². The lowest BCUT2D eigenvalue weighted by molar-refractivity contribution is -0.143. The monoisotopic (exact) mass is 269 g/mol. The summed E-state index contributed by atoms with van der Waals surface area (Å²) in [6.45, 7) is 4.11. The van der Waals surface area contributed by atoms with Crippen molar-refractivity contribution >= 4 is 11.9 Å². The second kappa shape index (κ2) is 8.18. The molecule has 4 heteroatoms. The van der Waals surface area contributed by atoms with Crippen LogP contribution in [0.25, 0.3) is 0 Å². The summed E-state index contributed by atoms with van der Waals surface area (Å²) in [4.78, 5) is 23.3. The van der Waals surface area contributed by atoms with Crippen LogP contribution in [0.3, 0.4) is 0 Å². The standard InChI is InChI=1S/C15H27NO3/c1-3-11(2)10-14(17)16-13-9-7-5-4-6-8-12(13)15(18)19/h11-13H,3-10H2,1-2H3,(H,16,17)(H,18,19). The number of carboxylic acid groups (broad SMARTS) is 1. The first-order valence-corrected chi connectivity index (χ1v) is 7.56. The molecule has 3 unspecified atom stereocenters. The van der Waals surface area contributed by atoms with E-state index >= 15 is 0 Å². The van der Waals surface area contributed by atoms with Gasteiger partial charge in [-0.1, -0.05) is 46.0 Å². The van der Waals surface area contributed by atoms with Crippen LogP contribution in [-0.4, -0.2) is 23.0 Å². The number of carboxylic acids is 1. The lowest BCUT2D eigenvalue weighted by atomic mass is 9.86. The minimum absolute atomic E-state index is 0.00572. The number of carbonyl (C=O) groups excluding carboxylic acids is 1. The van der Waals surface area contributed by atoms with Crippen LogP contribution in [0.4, 0.5) is 0 Å². The highest BCUT2D eigenvalue weighted by Gasteiger charge is 2.29. The maximum Gasteiger partial charge on any atom is 0.308 e. The third-order valence-corrected chi connectivity index (χ3v) is 4.16. The third-order valence-electron chi connectivity index (χ3n) is 4.16. The molecule has 110 valence electrons. The van der Waals surface area contributed by atoms with Gasteiger partial charge in [0, 0.05) is 12.5 Å². The van der Waals surface area contributed by atoms with E-state index in [-0.39, 0.29) is 11.9 Å². The van der Waals surface area contributed by atoms with Crippen LogP contribution >= 0.6 is 0 Å². The molecule has 0 aromatic rings. The second-order valence-electron chi connectivity index (χ2n) is 5.83. The second-order valence-corrected chi connectivity index (χ2v) is 5.83. The summed E-state index contributed by atoms with van der Waals surface area (Å²) in [6.07, 6.45) is 7.17. The minimum Gasteiger partial charge on any atom is -0.481 e. The maximum absolute atomic E-state index is 11.9. The number of carbonyl (C=O) groups is 2. The van der Waals surface area contributed by atoms with Crippen LogP contribution in [0, 0.1) is 11.8 Å². The van der Waals surface area contributed by atoms with Crippen molar-refractivity contribution in [1.29, 1.82) is 0 Å². The third kappa shape index (κ3) is 5.62. The molecule has 1 fully saturated rings. The van der Waals surface area contributed by atoms with E-state index in [1.54, 1.807) is 0 Å². The summed E-state index contributed by atoms with van der Waals surface area (Å²) in [5.74, 6) is -0.820. The Kier molecular flexibility index (Phi) is 6.89. The summed E-state index contributed by atoms with van der Waals surface area (Å²) in [5.41, 5.74) is 0. The van der Waals surface area contributed by atoms with Crippen LogP contribution in [-0.2, 0) is 9.59 Å². The highest BCUT2D eigenvalue weighted by atomic mass is 16.4. The summed E-state index contributed by atoms with van der Waals surface area (Å²) in [7, 11) is 0. The molecule has 0 saturated heterocycles. The Morgan fingerprint density at radius 3 is 2.42 bits per heavy atom. The number of amides is 1. The highest BCUT2D eigenvalue weighted by Crippen LogP contribution is 2.23. The molecule has 0 aromatic heterocycles. The average Bonchev–Trinajstić information content (AvgIpc) is 2.32. The molecule has 1 saturated carbocycles. The van der Waals surface area contributed by atoms with Gasteiger partial charge in [-0.05, 0) is 18.8 Å². The molecule has 0 heterocycles. The van der Waals surface area contributed by atoms with Crippen molar-refractivity contribution in [2.45, 2.75) is 71.3 Å². The van der Waals surface area contributed by atoms with Crippen molar-refractivity contribution in [3.63, 3.8) is 0 Å². The molecule has 0 radical (unpaired) electrons. The minimum atomic E-state index is -0.768. The van der Waals surface area contributed by atoms with Gasteiger partial charge in [-0.3, -0.25) is 9.59 Å². The Labute approximate surface area is 116 Å². The normalized spacial score (nSPS) is 26.0. The van der Waals surface area contributed by atoms with Crippen molar-refractivity contribution in [3.8, 4) is 0 Å². The van der Waals surface area contributed by atoms with Gasteiger partial charge < -0.3 is 10.4 Å². The van der Waals surface area contributed by atoms with Crippen molar-refractivity contribution in [2.75, 3.05) is 0 Å². The van der Waals surface area contributed by atoms with Gasteiger partial charge in [0.1, 0.15) is 0 Å². The molecule has 0 bridgehead atoms. The van der Waals surface area contributed by atoms with E-state index in [9.17, 15) is 14.7 Å². The van der Waals surface area contributed by atoms with Crippen LogP contribution in [0.2, 0.25) is 0 Å². The summed E-state index contributed by atoms with van der Waals surface area (Å²) < 4.78 is 0. The van der Waals surface area contributed by atoms with Crippen molar-refractivity contribution in [3.05, 3.63) is 0 Å². The molecule has 1 amide bonds. The fourth-order valence-electron chi connectivity index (χ4n) is 2.68. The molecule has 1 rings (SSSR count). The van der Waals surface area contributed by atoms with E-state index in [2.05, 4.69) is 12.2 Å². The smallest absolute Gasteiger partial charge is 0.308 e. The Morgan fingerprint density at radius 2 is 1.84 bits per heavy atom. The van der Waals surface area contributed by atoms with Crippen molar-refractivity contribution < 1.29 is 14.7 Å². The number of aliphatic carboxylic acids is 1. The highest BCUT2D eigenvalue weighted by molar-refractivity contribution is 5.78. The first-order chi connectivity index (χ1) is 9.04. The lowest BCUT2D eigenvalue weighted by Crippen LogP contribution is -2.44. The van der Waals surface area contributed by atoms with Crippen LogP contribution in [0.1, 0.15) is 65.2 Å². The van der Waals surface area contributed by atoms with Gasteiger partial charge in [-0.2, -0.15) is 0 Å². The number of nitrogens with one attached hydrogen (secondary N) is 1. The molecule has 1 aliphatic carbocycles. The van der Waals surface area contributed by atoms with Crippen LogP contribution < -0.4 is 5.32 Å². The fraction of sp³-hybridized carbons (Fsp3) is 0.867. The maximum atomic E-state index is 11.9.